The lowest BCUT2D eigenvalue weighted by Gasteiger charge is -2.15. The van der Waals surface area contributed by atoms with E-state index in [2.05, 4.69) is 21.8 Å². The lowest BCUT2D eigenvalue weighted by molar-refractivity contribution is 0.614. The van der Waals surface area contributed by atoms with E-state index in [1.54, 1.807) is 0 Å². The Labute approximate surface area is 104 Å². The summed E-state index contributed by atoms with van der Waals surface area (Å²) in [5.74, 6) is 0. The zero-order valence-electron chi connectivity index (χ0n) is 8.85. The van der Waals surface area contributed by atoms with Crippen LogP contribution < -0.4 is 5.32 Å². The zero-order valence-corrected chi connectivity index (χ0v) is 10.4. The molecule has 84 valence electrons. The van der Waals surface area contributed by atoms with E-state index in [4.69, 9.17) is 11.6 Å². The Hall–Kier alpha value is -0.970. The molecular formula is C11H12ClN3S. The summed E-state index contributed by atoms with van der Waals surface area (Å²) < 4.78 is 3.89. The molecule has 0 aliphatic rings. The second-order valence-electron chi connectivity index (χ2n) is 3.37. The first kappa shape index (κ1) is 11.5. The van der Waals surface area contributed by atoms with Crippen molar-refractivity contribution in [3.8, 4) is 0 Å². The fraction of sp³-hybridized carbons (Fsp3) is 0.273. The van der Waals surface area contributed by atoms with Crippen LogP contribution in [0.5, 0.6) is 0 Å². The molecule has 0 fully saturated rings. The molecule has 0 saturated carbocycles. The minimum absolute atomic E-state index is 0.0982. The highest BCUT2D eigenvalue weighted by molar-refractivity contribution is 7.03. The van der Waals surface area contributed by atoms with Crippen molar-refractivity contribution in [3.63, 3.8) is 0 Å². The number of rotatable bonds is 4. The highest BCUT2D eigenvalue weighted by atomic mass is 35.5. The Morgan fingerprint density at radius 1 is 1.38 bits per heavy atom. The third-order valence-electron chi connectivity index (χ3n) is 2.28. The average molecular weight is 254 g/mol. The van der Waals surface area contributed by atoms with E-state index >= 15 is 0 Å². The SMILES string of the molecule is CCNC(c1ccc(Cl)cc1)c1csnn1. The summed E-state index contributed by atoms with van der Waals surface area (Å²) in [6, 6.07) is 7.90. The predicted molar refractivity (Wildman–Crippen MR) is 66.9 cm³/mol. The molecule has 0 bridgehead atoms. The maximum atomic E-state index is 5.87. The molecule has 1 heterocycles. The van der Waals surface area contributed by atoms with Gasteiger partial charge in [-0.05, 0) is 35.8 Å². The van der Waals surface area contributed by atoms with E-state index in [-0.39, 0.29) is 6.04 Å². The summed E-state index contributed by atoms with van der Waals surface area (Å²) in [4.78, 5) is 0. The van der Waals surface area contributed by atoms with Crippen LogP contribution in [0.15, 0.2) is 29.6 Å². The van der Waals surface area contributed by atoms with Crippen LogP contribution in [0.3, 0.4) is 0 Å². The number of benzene rings is 1. The normalized spacial score (nSPS) is 12.6. The molecule has 1 aromatic carbocycles. The summed E-state index contributed by atoms with van der Waals surface area (Å²) in [6.07, 6.45) is 0. The monoisotopic (exact) mass is 253 g/mol. The molecule has 0 saturated heterocycles. The van der Waals surface area contributed by atoms with Gasteiger partial charge in [-0.15, -0.1) is 5.10 Å². The van der Waals surface area contributed by atoms with Crippen LogP contribution in [0.1, 0.15) is 24.2 Å². The van der Waals surface area contributed by atoms with Crippen LogP contribution >= 0.6 is 23.1 Å². The first-order valence-corrected chi connectivity index (χ1v) is 6.28. The molecule has 3 nitrogen and oxygen atoms in total. The van der Waals surface area contributed by atoms with Gasteiger partial charge in [-0.3, -0.25) is 0 Å². The van der Waals surface area contributed by atoms with Crippen LogP contribution in [0, 0.1) is 0 Å². The lowest BCUT2D eigenvalue weighted by Crippen LogP contribution is -2.22. The number of aromatic nitrogens is 2. The number of hydrogen-bond acceptors (Lipinski definition) is 4. The fourth-order valence-corrected chi connectivity index (χ4v) is 2.16. The van der Waals surface area contributed by atoms with Gasteiger partial charge in [0.15, 0.2) is 0 Å². The van der Waals surface area contributed by atoms with Crippen LogP contribution in [-0.4, -0.2) is 16.1 Å². The standard InChI is InChI=1S/C11H12ClN3S/c1-2-13-11(10-7-16-15-14-10)8-3-5-9(12)6-4-8/h3-7,11,13H,2H2,1H3. The highest BCUT2D eigenvalue weighted by Gasteiger charge is 2.15. The molecule has 1 unspecified atom stereocenters. The molecule has 0 aliphatic carbocycles. The molecule has 16 heavy (non-hydrogen) atoms. The van der Waals surface area contributed by atoms with Crippen molar-refractivity contribution in [3.05, 3.63) is 45.9 Å². The van der Waals surface area contributed by atoms with Crippen LogP contribution in [0.25, 0.3) is 0 Å². The second kappa shape index (κ2) is 5.39. The Morgan fingerprint density at radius 2 is 2.12 bits per heavy atom. The maximum Gasteiger partial charge on any atom is 0.0970 e. The molecule has 1 N–H and O–H groups in total. The van der Waals surface area contributed by atoms with Crippen molar-refractivity contribution in [2.75, 3.05) is 6.54 Å². The molecular weight excluding hydrogens is 242 g/mol. The Morgan fingerprint density at radius 3 is 2.69 bits per heavy atom. The van der Waals surface area contributed by atoms with Crippen molar-refractivity contribution in [2.45, 2.75) is 13.0 Å². The van der Waals surface area contributed by atoms with Crippen molar-refractivity contribution in [1.29, 1.82) is 0 Å². The van der Waals surface area contributed by atoms with E-state index < -0.39 is 0 Å². The topological polar surface area (TPSA) is 37.8 Å². The van der Waals surface area contributed by atoms with Crippen LogP contribution in [-0.2, 0) is 0 Å². The van der Waals surface area contributed by atoms with Crippen LogP contribution in [0.4, 0.5) is 0 Å². The molecule has 5 heteroatoms. The minimum atomic E-state index is 0.0982. The molecule has 0 amide bonds. The van der Waals surface area contributed by atoms with Crippen molar-refractivity contribution < 1.29 is 0 Å². The molecule has 2 rings (SSSR count). The fourth-order valence-electron chi connectivity index (χ4n) is 1.55. The Balaban J connectivity index is 2.29. The predicted octanol–water partition coefficient (Wildman–Crippen LogP) is 2.89. The Kier molecular flexibility index (Phi) is 3.88. The third kappa shape index (κ3) is 2.58. The van der Waals surface area contributed by atoms with Gasteiger partial charge in [-0.25, -0.2) is 0 Å². The number of hydrogen-bond donors (Lipinski definition) is 1. The molecule has 1 atom stereocenters. The third-order valence-corrected chi connectivity index (χ3v) is 3.06. The largest absolute Gasteiger partial charge is 0.305 e. The molecule has 0 spiro atoms. The van der Waals surface area contributed by atoms with E-state index in [9.17, 15) is 0 Å². The highest BCUT2D eigenvalue weighted by Crippen LogP contribution is 2.22. The van der Waals surface area contributed by atoms with E-state index in [1.807, 2.05) is 29.6 Å². The van der Waals surface area contributed by atoms with Gasteiger partial charge < -0.3 is 5.32 Å². The van der Waals surface area contributed by atoms with Crippen molar-refractivity contribution >= 4 is 23.1 Å². The Bertz CT molecular complexity index is 427. The zero-order chi connectivity index (χ0) is 11.4. The van der Waals surface area contributed by atoms with Crippen molar-refractivity contribution in [1.82, 2.24) is 14.9 Å². The van der Waals surface area contributed by atoms with Gasteiger partial charge in [0.25, 0.3) is 0 Å². The van der Waals surface area contributed by atoms with Gasteiger partial charge in [0, 0.05) is 10.4 Å². The van der Waals surface area contributed by atoms with Gasteiger partial charge in [0.1, 0.15) is 0 Å². The molecule has 1 aromatic heterocycles. The van der Waals surface area contributed by atoms with Crippen molar-refractivity contribution in [2.24, 2.45) is 0 Å². The van der Waals surface area contributed by atoms with Gasteiger partial charge in [-0.1, -0.05) is 35.1 Å². The quantitative estimate of drug-likeness (QED) is 0.911. The summed E-state index contributed by atoms with van der Waals surface area (Å²) in [7, 11) is 0. The average Bonchev–Trinajstić information content (AvgIpc) is 2.81. The van der Waals surface area contributed by atoms with E-state index in [1.165, 1.54) is 11.5 Å². The second-order valence-corrected chi connectivity index (χ2v) is 4.42. The summed E-state index contributed by atoms with van der Waals surface area (Å²) in [5.41, 5.74) is 2.10. The van der Waals surface area contributed by atoms with Gasteiger partial charge in [0.2, 0.25) is 0 Å². The number of halogens is 1. The maximum absolute atomic E-state index is 5.87. The lowest BCUT2D eigenvalue weighted by atomic mass is 10.0. The van der Waals surface area contributed by atoms with E-state index in [0.717, 1.165) is 22.8 Å². The minimum Gasteiger partial charge on any atom is -0.305 e. The van der Waals surface area contributed by atoms with Gasteiger partial charge >= 0.3 is 0 Å². The summed E-state index contributed by atoms with van der Waals surface area (Å²) >= 11 is 7.24. The molecule has 0 aliphatic heterocycles. The molecule has 2 aromatic rings. The number of nitrogens with zero attached hydrogens (tertiary/aromatic N) is 2. The number of nitrogens with one attached hydrogen (secondary N) is 1. The van der Waals surface area contributed by atoms with Crippen LogP contribution in [0.2, 0.25) is 5.02 Å². The smallest absolute Gasteiger partial charge is 0.0970 e. The first-order valence-electron chi connectivity index (χ1n) is 5.07. The summed E-state index contributed by atoms with van der Waals surface area (Å²) in [5, 5.41) is 10.2. The van der Waals surface area contributed by atoms with Gasteiger partial charge in [0.05, 0.1) is 11.7 Å². The van der Waals surface area contributed by atoms with Gasteiger partial charge in [-0.2, -0.15) is 0 Å². The van der Waals surface area contributed by atoms with E-state index in [0.29, 0.717) is 0 Å². The first-order chi connectivity index (χ1) is 7.81. The molecule has 0 radical (unpaired) electrons. The summed E-state index contributed by atoms with van der Waals surface area (Å²) in [6.45, 7) is 2.95.